The Morgan fingerprint density at radius 3 is 2.75 bits per heavy atom. The molecule has 20 heavy (non-hydrogen) atoms. The van der Waals surface area contributed by atoms with Gasteiger partial charge >= 0.3 is 6.18 Å². The normalized spacial score (nSPS) is 24.0. The Bertz CT molecular complexity index is 504. The summed E-state index contributed by atoms with van der Waals surface area (Å²) in [5.41, 5.74) is -0.431. The van der Waals surface area contributed by atoms with Gasteiger partial charge in [-0.3, -0.25) is 4.90 Å². The van der Waals surface area contributed by atoms with Crippen LogP contribution in [0.5, 0.6) is 0 Å². The number of rotatable bonds is 3. The Labute approximate surface area is 113 Å². The van der Waals surface area contributed by atoms with Crippen LogP contribution in [0.25, 0.3) is 0 Å². The Hall–Kier alpha value is -1.60. The first-order chi connectivity index (χ1) is 9.27. The lowest BCUT2D eigenvalue weighted by Gasteiger charge is -2.25. The molecule has 1 aromatic rings. The predicted octanol–water partition coefficient (Wildman–Crippen LogP) is 0.391. The van der Waals surface area contributed by atoms with Crippen LogP contribution in [0.1, 0.15) is 17.5 Å². The molecule has 0 aliphatic carbocycles. The van der Waals surface area contributed by atoms with Gasteiger partial charge in [0.15, 0.2) is 0 Å². The fraction of sp³-hybridized carbons (Fsp3) is 0.462. The van der Waals surface area contributed by atoms with Crippen LogP contribution in [0.4, 0.5) is 13.2 Å². The molecule has 0 aromatic heterocycles. The number of alkyl halides is 3. The van der Waals surface area contributed by atoms with Crippen LogP contribution in [-0.2, 0) is 17.5 Å². The second-order valence-electron chi connectivity index (χ2n) is 4.85. The summed E-state index contributed by atoms with van der Waals surface area (Å²) in [6, 6.07) is 3.74. The van der Waals surface area contributed by atoms with Crippen molar-refractivity contribution in [2.45, 2.75) is 31.3 Å². The Kier molecular flexibility index (Phi) is 4.01. The number of carbonyl (C=O) groups is 1. The molecule has 110 valence electrons. The molecule has 0 unspecified atom stereocenters. The van der Waals surface area contributed by atoms with Crippen molar-refractivity contribution in [2.24, 2.45) is 0 Å². The van der Waals surface area contributed by atoms with Gasteiger partial charge in [-0.15, -0.1) is 0 Å². The van der Waals surface area contributed by atoms with Gasteiger partial charge in [-0.1, -0.05) is 18.2 Å². The zero-order chi connectivity index (χ0) is 14.9. The van der Waals surface area contributed by atoms with Crippen LogP contribution in [0.2, 0.25) is 0 Å². The highest BCUT2D eigenvalue weighted by atomic mass is 19.4. The molecule has 1 aliphatic rings. The zero-order valence-electron chi connectivity index (χ0n) is 10.4. The van der Waals surface area contributed by atoms with Gasteiger partial charge in [0.25, 0.3) is 0 Å². The number of benzene rings is 1. The number of carboxylic acid groups (broad SMARTS) is 1. The molecule has 0 radical (unpaired) electrons. The first kappa shape index (κ1) is 14.8. The van der Waals surface area contributed by atoms with E-state index < -0.39 is 29.9 Å². The lowest BCUT2D eigenvalue weighted by Crippen LogP contribution is -2.44. The number of β-amino-alcohol motifs (C(OH)–C–C–N with tert-alkyl or cyclic N) is 1. The number of halogens is 3. The summed E-state index contributed by atoms with van der Waals surface area (Å²) in [7, 11) is 0. The standard InChI is InChI=1S/C13H14F3NO3/c14-13(15,16)9-3-1-2-8(4-9)6-17-7-10(18)5-11(17)12(19)20/h1-4,10-11,18H,5-7H2,(H,19,20)/p-1/t10-,11-/m1/s1. The van der Waals surface area contributed by atoms with Gasteiger partial charge in [0, 0.05) is 13.1 Å². The molecular formula is C13H13F3NO3-. The van der Waals surface area contributed by atoms with E-state index in [1.54, 1.807) is 0 Å². The first-order valence-electron chi connectivity index (χ1n) is 6.06. The quantitative estimate of drug-likeness (QED) is 0.874. The third-order valence-corrected chi connectivity index (χ3v) is 3.29. The maximum atomic E-state index is 12.6. The van der Waals surface area contributed by atoms with E-state index in [0.717, 1.165) is 12.1 Å². The summed E-state index contributed by atoms with van der Waals surface area (Å²) in [5.74, 6) is -1.33. The van der Waals surface area contributed by atoms with Gasteiger partial charge in [-0.05, 0) is 18.1 Å². The predicted molar refractivity (Wildman–Crippen MR) is 61.3 cm³/mol. The van der Waals surface area contributed by atoms with E-state index in [2.05, 4.69) is 0 Å². The molecule has 0 saturated carbocycles. The molecule has 1 saturated heterocycles. The van der Waals surface area contributed by atoms with Crippen molar-refractivity contribution in [2.75, 3.05) is 6.54 Å². The summed E-state index contributed by atoms with van der Waals surface area (Å²) < 4.78 is 37.8. The lowest BCUT2D eigenvalue weighted by molar-refractivity contribution is -0.311. The van der Waals surface area contributed by atoms with Gasteiger partial charge in [0.2, 0.25) is 0 Å². The van der Waals surface area contributed by atoms with Gasteiger partial charge in [0.1, 0.15) is 0 Å². The third kappa shape index (κ3) is 3.29. The zero-order valence-corrected chi connectivity index (χ0v) is 10.4. The Balaban J connectivity index is 2.15. The van der Waals surface area contributed by atoms with Crippen molar-refractivity contribution in [3.05, 3.63) is 35.4 Å². The summed E-state index contributed by atoms with van der Waals surface area (Å²) in [4.78, 5) is 12.3. The highest BCUT2D eigenvalue weighted by Crippen LogP contribution is 2.30. The minimum atomic E-state index is -4.44. The van der Waals surface area contributed by atoms with Crippen LogP contribution < -0.4 is 5.11 Å². The lowest BCUT2D eigenvalue weighted by atomic mass is 10.1. The number of carboxylic acids is 1. The average molecular weight is 288 g/mol. The van der Waals surface area contributed by atoms with E-state index in [1.807, 2.05) is 0 Å². The second kappa shape index (κ2) is 5.41. The van der Waals surface area contributed by atoms with Gasteiger partial charge in [0.05, 0.1) is 23.7 Å². The average Bonchev–Trinajstić information content (AvgIpc) is 2.69. The van der Waals surface area contributed by atoms with Crippen LogP contribution in [-0.4, -0.2) is 34.7 Å². The van der Waals surface area contributed by atoms with Crippen LogP contribution in [0.15, 0.2) is 24.3 Å². The number of hydrogen-bond donors (Lipinski definition) is 1. The van der Waals surface area contributed by atoms with Gasteiger partial charge in [-0.2, -0.15) is 13.2 Å². The summed E-state index contributed by atoms with van der Waals surface area (Å²) in [6.45, 7) is 0.133. The van der Waals surface area contributed by atoms with Gasteiger partial charge in [-0.25, -0.2) is 0 Å². The molecule has 1 aliphatic heterocycles. The van der Waals surface area contributed by atoms with E-state index in [9.17, 15) is 28.2 Å². The Morgan fingerprint density at radius 1 is 1.45 bits per heavy atom. The van der Waals surface area contributed by atoms with Crippen LogP contribution in [0, 0.1) is 0 Å². The van der Waals surface area contributed by atoms with Crippen molar-refractivity contribution >= 4 is 5.97 Å². The number of likely N-dealkylation sites (tertiary alicyclic amines) is 1. The number of hydrogen-bond acceptors (Lipinski definition) is 4. The minimum absolute atomic E-state index is 0.0274. The monoisotopic (exact) mass is 288 g/mol. The summed E-state index contributed by atoms with van der Waals surface area (Å²) >= 11 is 0. The fourth-order valence-corrected chi connectivity index (χ4v) is 2.38. The van der Waals surface area contributed by atoms with E-state index in [-0.39, 0.29) is 19.5 Å². The molecule has 0 spiro atoms. The second-order valence-corrected chi connectivity index (χ2v) is 4.85. The van der Waals surface area contributed by atoms with Crippen molar-refractivity contribution < 1.29 is 28.2 Å². The number of carbonyl (C=O) groups excluding carboxylic acids is 1. The summed E-state index contributed by atoms with van der Waals surface area (Å²) in [6.07, 6.45) is -5.21. The maximum Gasteiger partial charge on any atom is 0.416 e. The molecule has 1 aromatic carbocycles. The van der Waals surface area contributed by atoms with E-state index in [1.165, 1.54) is 17.0 Å². The summed E-state index contributed by atoms with van der Waals surface area (Å²) in [5, 5.41) is 20.4. The maximum absolute atomic E-state index is 12.6. The molecule has 1 heterocycles. The van der Waals surface area contributed by atoms with Crippen molar-refractivity contribution in [1.82, 2.24) is 4.90 Å². The fourth-order valence-electron chi connectivity index (χ4n) is 2.38. The molecule has 2 atom stereocenters. The van der Waals surface area contributed by atoms with Crippen molar-refractivity contribution in [3.8, 4) is 0 Å². The van der Waals surface area contributed by atoms with Crippen LogP contribution >= 0.6 is 0 Å². The number of nitrogens with zero attached hydrogens (tertiary/aromatic N) is 1. The van der Waals surface area contributed by atoms with E-state index >= 15 is 0 Å². The third-order valence-electron chi connectivity index (χ3n) is 3.29. The topological polar surface area (TPSA) is 63.6 Å². The largest absolute Gasteiger partial charge is 0.548 e. The first-order valence-corrected chi connectivity index (χ1v) is 6.06. The molecular weight excluding hydrogens is 275 g/mol. The van der Waals surface area contributed by atoms with Crippen molar-refractivity contribution in [1.29, 1.82) is 0 Å². The highest BCUT2D eigenvalue weighted by molar-refractivity contribution is 5.71. The van der Waals surface area contributed by atoms with Crippen molar-refractivity contribution in [3.63, 3.8) is 0 Å². The minimum Gasteiger partial charge on any atom is -0.548 e. The molecule has 0 bridgehead atoms. The van der Waals surface area contributed by atoms with E-state index in [4.69, 9.17) is 0 Å². The Morgan fingerprint density at radius 2 is 2.15 bits per heavy atom. The smallest absolute Gasteiger partial charge is 0.416 e. The molecule has 4 nitrogen and oxygen atoms in total. The SMILES string of the molecule is O=C([O-])[C@H]1C[C@@H](O)CN1Cc1cccc(C(F)(F)F)c1. The van der Waals surface area contributed by atoms with Gasteiger partial charge < -0.3 is 15.0 Å². The molecule has 1 fully saturated rings. The molecule has 0 amide bonds. The number of aliphatic hydroxyl groups is 1. The van der Waals surface area contributed by atoms with E-state index in [0.29, 0.717) is 5.56 Å². The number of aliphatic hydroxyl groups excluding tert-OH is 1. The molecule has 1 N–H and O–H groups in total. The molecule has 2 rings (SSSR count). The van der Waals surface area contributed by atoms with Crippen LogP contribution in [0.3, 0.4) is 0 Å². The molecule has 7 heteroatoms. The number of aliphatic carboxylic acids is 1. The highest BCUT2D eigenvalue weighted by Gasteiger charge is 2.33.